The number of carbonyl (C=O) groups excluding carboxylic acids is 1. The van der Waals surface area contributed by atoms with Crippen LogP contribution in [-0.2, 0) is 9.53 Å². The van der Waals surface area contributed by atoms with E-state index in [4.69, 9.17) is 10.5 Å². The van der Waals surface area contributed by atoms with Crippen molar-refractivity contribution in [1.29, 1.82) is 0 Å². The molecule has 0 spiro atoms. The highest BCUT2D eigenvalue weighted by molar-refractivity contribution is 7.97. The minimum absolute atomic E-state index is 0.169. The van der Waals surface area contributed by atoms with Crippen molar-refractivity contribution in [2.24, 2.45) is 0 Å². The van der Waals surface area contributed by atoms with E-state index >= 15 is 0 Å². The highest BCUT2D eigenvalue weighted by Gasteiger charge is 2.25. The second-order valence-corrected chi connectivity index (χ2v) is 4.21. The van der Waals surface area contributed by atoms with Gasteiger partial charge in [0.25, 0.3) is 0 Å². The third-order valence-corrected chi connectivity index (χ3v) is 3.04. The summed E-state index contributed by atoms with van der Waals surface area (Å²) >= 11 is 1.42. The van der Waals surface area contributed by atoms with Crippen molar-refractivity contribution < 1.29 is 9.53 Å². The van der Waals surface area contributed by atoms with Crippen molar-refractivity contribution in [3.63, 3.8) is 0 Å². The van der Waals surface area contributed by atoms with Gasteiger partial charge >= 0.3 is 5.97 Å². The molecule has 1 aliphatic heterocycles. The number of benzene rings is 1. The smallest absolute Gasteiger partial charge is 0.324 e. The predicted octanol–water partition coefficient (Wildman–Crippen LogP) is 1.18. The van der Waals surface area contributed by atoms with Crippen LogP contribution in [0.15, 0.2) is 29.2 Å². The zero-order valence-corrected chi connectivity index (χ0v) is 8.92. The summed E-state index contributed by atoms with van der Waals surface area (Å²) in [5, 5.41) is 0. The second kappa shape index (κ2) is 4.55. The lowest BCUT2D eigenvalue weighted by atomic mass is 10.3. The third kappa shape index (κ3) is 2.64. The van der Waals surface area contributed by atoms with Gasteiger partial charge in [-0.15, -0.1) is 0 Å². The van der Waals surface area contributed by atoms with Crippen molar-refractivity contribution in [2.75, 3.05) is 12.3 Å². The second-order valence-electron chi connectivity index (χ2n) is 3.30. The SMILES string of the molecule is Nc1ccc(SNC2CCOC2=O)cc1. The molecule has 0 aromatic heterocycles. The number of hydrogen-bond donors (Lipinski definition) is 2. The Kier molecular flexibility index (Phi) is 3.13. The molecule has 3 N–H and O–H groups in total. The Morgan fingerprint density at radius 2 is 2.13 bits per heavy atom. The number of nitrogen functional groups attached to an aromatic ring is 1. The number of nitrogens with two attached hydrogens (primary N) is 1. The average molecular weight is 224 g/mol. The summed E-state index contributed by atoms with van der Waals surface area (Å²) < 4.78 is 7.91. The molecule has 15 heavy (non-hydrogen) atoms. The van der Waals surface area contributed by atoms with E-state index < -0.39 is 0 Å². The fraction of sp³-hybridized carbons (Fsp3) is 0.300. The van der Waals surface area contributed by atoms with Gasteiger partial charge in [-0.3, -0.25) is 4.79 Å². The van der Waals surface area contributed by atoms with Gasteiger partial charge in [0.2, 0.25) is 0 Å². The molecule has 1 unspecified atom stereocenters. The number of carbonyl (C=O) groups is 1. The highest BCUT2D eigenvalue weighted by atomic mass is 32.2. The summed E-state index contributed by atoms with van der Waals surface area (Å²) in [6.45, 7) is 0.513. The Hall–Kier alpha value is -1.20. The normalized spacial score (nSPS) is 20.3. The van der Waals surface area contributed by atoms with Crippen molar-refractivity contribution in [1.82, 2.24) is 4.72 Å². The van der Waals surface area contributed by atoms with E-state index in [9.17, 15) is 4.79 Å². The number of cyclic esters (lactones) is 1. The summed E-state index contributed by atoms with van der Waals surface area (Å²) in [5.41, 5.74) is 6.30. The number of hydrogen-bond acceptors (Lipinski definition) is 5. The fourth-order valence-electron chi connectivity index (χ4n) is 1.28. The first-order valence-electron chi connectivity index (χ1n) is 4.70. The molecule has 1 heterocycles. The Morgan fingerprint density at radius 1 is 1.40 bits per heavy atom. The monoisotopic (exact) mass is 224 g/mol. The zero-order valence-electron chi connectivity index (χ0n) is 8.10. The molecular formula is C10H12N2O2S. The quantitative estimate of drug-likeness (QED) is 0.458. The fourth-order valence-corrected chi connectivity index (χ4v) is 2.04. The van der Waals surface area contributed by atoms with Gasteiger partial charge in [0.15, 0.2) is 0 Å². The molecule has 1 aromatic carbocycles. The maximum Gasteiger partial charge on any atom is 0.324 e. The molecule has 1 aliphatic rings. The molecule has 1 fully saturated rings. The van der Waals surface area contributed by atoms with E-state index in [-0.39, 0.29) is 12.0 Å². The van der Waals surface area contributed by atoms with Crippen LogP contribution in [0.2, 0.25) is 0 Å². The minimum Gasteiger partial charge on any atom is -0.464 e. The maximum atomic E-state index is 11.1. The van der Waals surface area contributed by atoms with Gasteiger partial charge < -0.3 is 10.5 Å². The van der Waals surface area contributed by atoms with Crippen molar-refractivity contribution >= 4 is 23.6 Å². The number of esters is 1. The lowest BCUT2D eigenvalue weighted by molar-refractivity contribution is -0.139. The largest absolute Gasteiger partial charge is 0.464 e. The molecule has 0 saturated carbocycles. The lowest BCUT2D eigenvalue weighted by Crippen LogP contribution is -2.27. The molecule has 0 radical (unpaired) electrons. The molecular weight excluding hydrogens is 212 g/mol. The molecule has 80 valence electrons. The van der Waals surface area contributed by atoms with Gasteiger partial charge in [0, 0.05) is 17.0 Å². The Bertz CT molecular complexity index is 353. The van der Waals surface area contributed by atoms with E-state index in [1.54, 1.807) is 0 Å². The lowest BCUT2D eigenvalue weighted by Gasteiger charge is -2.07. The molecule has 0 bridgehead atoms. The van der Waals surface area contributed by atoms with Crippen LogP contribution >= 0.6 is 11.9 Å². The van der Waals surface area contributed by atoms with Crippen LogP contribution in [0.1, 0.15) is 6.42 Å². The number of rotatable bonds is 3. The zero-order chi connectivity index (χ0) is 10.7. The molecule has 5 heteroatoms. The molecule has 4 nitrogen and oxygen atoms in total. The molecule has 1 aromatic rings. The summed E-state index contributed by atoms with van der Waals surface area (Å²) in [7, 11) is 0. The number of ether oxygens (including phenoxy) is 1. The highest BCUT2D eigenvalue weighted by Crippen LogP contribution is 2.19. The van der Waals surface area contributed by atoms with Gasteiger partial charge in [-0.25, -0.2) is 4.72 Å². The molecule has 2 rings (SSSR count). The van der Waals surface area contributed by atoms with Gasteiger partial charge in [-0.1, -0.05) is 0 Å². The van der Waals surface area contributed by atoms with Crippen molar-refractivity contribution in [3.05, 3.63) is 24.3 Å². The molecule has 0 aliphatic carbocycles. The van der Waals surface area contributed by atoms with Crippen LogP contribution in [-0.4, -0.2) is 18.6 Å². The van der Waals surface area contributed by atoms with Crippen LogP contribution in [0.4, 0.5) is 5.69 Å². The molecule has 1 atom stereocenters. The summed E-state index contributed by atoms with van der Waals surface area (Å²) in [4.78, 5) is 12.2. The van der Waals surface area contributed by atoms with Gasteiger partial charge in [0.1, 0.15) is 6.04 Å². The maximum absolute atomic E-state index is 11.1. The summed E-state index contributed by atoms with van der Waals surface area (Å²) in [5.74, 6) is -0.169. The van der Waals surface area contributed by atoms with Crippen LogP contribution in [0.3, 0.4) is 0 Å². The van der Waals surface area contributed by atoms with Gasteiger partial charge in [0.05, 0.1) is 6.61 Å². The average Bonchev–Trinajstić information content (AvgIpc) is 2.63. The van der Waals surface area contributed by atoms with Crippen molar-refractivity contribution in [2.45, 2.75) is 17.4 Å². The van der Waals surface area contributed by atoms with E-state index in [0.29, 0.717) is 6.61 Å². The van der Waals surface area contributed by atoms with Crippen LogP contribution < -0.4 is 10.5 Å². The topological polar surface area (TPSA) is 64.3 Å². The van der Waals surface area contributed by atoms with E-state index in [1.165, 1.54) is 11.9 Å². The van der Waals surface area contributed by atoms with Crippen LogP contribution in [0.25, 0.3) is 0 Å². The Labute approximate surface area is 92.3 Å². The standard InChI is InChI=1S/C10H12N2O2S/c11-7-1-3-8(4-2-7)15-12-9-5-6-14-10(9)13/h1-4,9,12H,5-6,11H2. The van der Waals surface area contributed by atoms with Crippen LogP contribution in [0, 0.1) is 0 Å². The molecule has 0 amide bonds. The number of nitrogens with one attached hydrogen (secondary N) is 1. The summed E-state index contributed by atoms with van der Waals surface area (Å²) in [6.07, 6.45) is 0.737. The first-order valence-corrected chi connectivity index (χ1v) is 5.52. The first-order chi connectivity index (χ1) is 7.25. The van der Waals surface area contributed by atoms with Gasteiger partial charge in [-0.05, 0) is 36.2 Å². The Balaban J connectivity index is 1.87. The van der Waals surface area contributed by atoms with Crippen LogP contribution in [0.5, 0.6) is 0 Å². The van der Waals surface area contributed by atoms with Crippen molar-refractivity contribution in [3.8, 4) is 0 Å². The van der Waals surface area contributed by atoms with Gasteiger partial charge in [-0.2, -0.15) is 0 Å². The van der Waals surface area contributed by atoms with E-state index in [0.717, 1.165) is 17.0 Å². The minimum atomic E-state index is -0.187. The first kappa shape index (κ1) is 10.3. The predicted molar refractivity (Wildman–Crippen MR) is 59.2 cm³/mol. The van der Waals surface area contributed by atoms with E-state index in [1.807, 2.05) is 24.3 Å². The van der Waals surface area contributed by atoms with E-state index in [2.05, 4.69) is 4.72 Å². The summed E-state index contributed by atoms with van der Waals surface area (Å²) in [6, 6.07) is 7.29. The molecule has 1 saturated heterocycles. The third-order valence-electron chi connectivity index (χ3n) is 2.13. The number of anilines is 1. The Morgan fingerprint density at radius 3 is 2.73 bits per heavy atom.